The van der Waals surface area contributed by atoms with Crippen LogP contribution in [0.1, 0.15) is 19.5 Å². The minimum absolute atomic E-state index is 0.827. The number of pyridine rings is 1. The third-order valence-corrected chi connectivity index (χ3v) is 2.27. The molecule has 0 aliphatic carbocycles. The van der Waals surface area contributed by atoms with Gasteiger partial charge in [0.1, 0.15) is 0 Å². The van der Waals surface area contributed by atoms with Crippen LogP contribution in [-0.4, -0.2) is 45.5 Å². The highest BCUT2D eigenvalue weighted by molar-refractivity contribution is 5.44. The quantitative estimate of drug-likeness (QED) is 0.771. The molecule has 1 fully saturated rings. The summed E-state index contributed by atoms with van der Waals surface area (Å²) in [5, 5.41) is 0. The van der Waals surface area contributed by atoms with Crippen LogP contribution in [0.25, 0.3) is 0 Å². The van der Waals surface area contributed by atoms with Crippen molar-refractivity contribution in [3.8, 4) is 0 Å². The van der Waals surface area contributed by atoms with E-state index in [9.17, 15) is 0 Å². The molecule has 0 saturated carbocycles. The van der Waals surface area contributed by atoms with Crippen LogP contribution >= 0.6 is 0 Å². The molecule has 18 heavy (non-hydrogen) atoms. The average molecular weight is 254 g/mol. The third-order valence-electron chi connectivity index (χ3n) is 2.27. The van der Waals surface area contributed by atoms with Gasteiger partial charge < -0.3 is 14.4 Å². The highest BCUT2D eigenvalue weighted by atomic mass is 16.5. The van der Waals surface area contributed by atoms with Gasteiger partial charge in [-0.15, -0.1) is 0 Å². The number of hydrogen-bond donors (Lipinski definition) is 0. The molecule has 4 nitrogen and oxygen atoms in total. The Kier molecular flexibility index (Phi) is 10.3. The predicted octanol–water partition coefficient (Wildman–Crippen LogP) is 2.52. The van der Waals surface area contributed by atoms with Crippen molar-refractivity contribution in [2.75, 3.05) is 45.4 Å². The van der Waals surface area contributed by atoms with Crippen LogP contribution < -0.4 is 4.90 Å². The topological polar surface area (TPSA) is 34.6 Å². The lowest BCUT2D eigenvalue weighted by Gasteiger charge is -2.28. The Morgan fingerprint density at radius 2 is 1.72 bits per heavy atom. The van der Waals surface area contributed by atoms with E-state index in [0.717, 1.165) is 32.0 Å². The SMILES string of the molecule is CC.COC.Cc1ccc(N2CCOCC2)cn1. The van der Waals surface area contributed by atoms with Gasteiger partial charge in [0.2, 0.25) is 0 Å². The first-order chi connectivity index (χ1) is 8.77. The summed E-state index contributed by atoms with van der Waals surface area (Å²) >= 11 is 0. The zero-order valence-electron chi connectivity index (χ0n) is 12.3. The van der Waals surface area contributed by atoms with Gasteiger partial charge in [0.05, 0.1) is 25.1 Å². The lowest BCUT2D eigenvalue weighted by molar-refractivity contribution is 0.122. The van der Waals surface area contributed by atoms with Crippen molar-refractivity contribution in [2.24, 2.45) is 0 Å². The van der Waals surface area contributed by atoms with E-state index in [4.69, 9.17) is 4.74 Å². The number of anilines is 1. The molecule has 1 aliphatic heterocycles. The summed E-state index contributed by atoms with van der Waals surface area (Å²) in [5.74, 6) is 0. The van der Waals surface area contributed by atoms with E-state index >= 15 is 0 Å². The van der Waals surface area contributed by atoms with Crippen LogP contribution in [0.15, 0.2) is 18.3 Å². The van der Waals surface area contributed by atoms with Gasteiger partial charge in [-0.3, -0.25) is 4.98 Å². The average Bonchev–Trinajstić information content (AvgIpc) is 2.44. The summed E-state index contributed by atoms with van der Waals surface area (Å²) in [7, 11) is 3.25. The fourth-order valence-corrected chi connectivity index (χ4v) is 1.47. The van der Waals surface area contributed by atoms with Crippen LogP contribution in [0.4, 0.5) is 5.69 Å². The van der Waals surface area contributed by atoms with E-state index in [0.29, 0.717) is 0 Å². The number of aryl methyl sites for hydroxylation is 1. The second kappa shape index (κ2) is 11.0. The first-order valence-corrected chi connectivity index (χ1v) is 6.43. The number of rotatable bonds is 1. The smallest absolute Gasteiger partial charge is 0.0642 e. The van der Waals surface area contributed by atoms with Crippen LogP contribution in [0.3, 0.4) is 0 Å². The zero-order valence-corrected chi connectivity index (χ0v) is 12.3. The van der Waals surface area contributed by atoms with Gasteiger partial charge in [-0.2, -0.15) is 0 Å². The third kappa shape index (κ3) is 6.57. The van der Waals surface area contributed by atoms with Crippen LogP contribution in [0, 0.1) is 6.92 Å². The largest absolute Gasteiger partial charge is 0.388 e. The molecule has 1 aromatic rings. The summed E-state index contributed by atoms with van der Waals surface area (Å²) in [6.07, 6.45) is 1.93. The molecule has 2 rings (SSSR count). The Labute approximate surface area is 111 Å². The molecule has 0 spiro atoms. The molecule has 0 aromatic carbocycles. The summed E-state index contributed by atoms with van der Waals surface area (Å²) in [6.45, 7) is 9.61. The normalized spacial score (nSPS) is 13.9. The molecule has 0 bridgehead atoms. The highest BCUT2D eigenvalue weighted by Gasteiger charge is 2.10. The molecule has 0 atom stereocenters. The standard InChI is InChI=1S/C10H14N2O.C2H6O.C2H6/c1-9-2-3-10(8-11-9)12-4-6-13-7-5-12;1-3-2;1-2/h2-3,8H,4-7H2,1H3;1-2H3;1-2H3. The molecule has 0 unspecified atom stereocenters. The Morgan fingerprint density at radius 3 is 2.17 bits per heavy atom. The Hall–Kier alpha value is -1.13. The van der Waals surface area contributed by atoms with Gasteiger partial charge in [0.25, 0.3) is 0 Å². The fourth-order valence-electron chi connectivity index (χ4n) is 1.47. The fraction of sp³-hybridized carbons (Fsp3) is 0.643. The molecule has 4 heteroatoms. The molecular weight excluding hydrogens is 228 g/mol. The van der Waals surface area contributed by atoms with Crippen molar-refractivity contribution in [1.29, 1.82) is 0 Å². The van der Waals surface area contributed by atoms with Crippen molar-refractivity contribution < 1.29 is 9.47 Å². The number of aromatic nitrogens is 1. The van der Waals surface area contributed by atoms with E-state index in [1.165, 1.54) is 5.69 Å². The Balaban J connectivity index is 0.000000509. The minimum Gasteiger partial charge on any atom is -0.388 e. The van der Waals surface area contributed by atoms with Crippen LogP contribution in [0.2, 0.25) is 0 Å². The molecule has 1 aromatic heterocycles. The molecule has 0 radical (unpaired) electrons. The lowest BCUT2D eigenvalue weighted by atomic mass is 10.3. The van der Waals surface area contributed by atoms with E-state index in [2.05, 4.69) is 20.7 Å². The second-order valence-electron chi connectivity index (χ2n) is 3.67. The number of methoxy groups -OCH3 is 1. The Bertz CT molecular complexity index is 282. The molecule has 0 N–H and O–H groups in total. The van der Waals surface area contributed by atoms with Gasteiger partial charge in [0.15, 0.2) is 0 Å². The highest BCUT2D eigenvalue weighted by Crippen LogP contribution is 2.13. The first-order valence-electron chi connectivity index (χ1n) is 6.43. The predicted molar refractivity (Wildman–Crippen MR) is 76.3 cm³/mol. The number of nitrogens with zero attached hydrogens (tertiary/aromatic N) is 2. The number of ether oxygens (including phenoxy) is 2. The summed E-state index contributed by atoms with van der Waals surface area (Å²) in [6, 6.07) is 4.17. The summed E-state index contributed by atoms with van der Waals surface area (Å²) < 4.78 is 9.53. The molecule has 104 valence electrons. The summed E-state index contributed by atoms with van der Waals surface area (Å²) in [5.41, 5.74) is 2.27. The number of hydrogen-bond acceptors (Lipinski definition) is 4. The van der Waals surface area contributed by atoms with Crippen molar-refractivity contribution >= 4 is 5.69 Å². The summed E-state index contributed by atoms with van der Waals surface area (Å²) in [4.78, 5) is 6.57. The maximum atomic E-state index is 5.28. The van der Waals surface area contributed by atoms with Gasteiger partial charge in [-0.05, 0) is 19.1 Å². The van der Waals surface area contributed by atoms with Gasteiger partial charge >= 0.3 is 0 Å². The van der Waals surface area contributed by atoms with Gasteiger partial charge in [-0.1, -0.05) is 13.8 Å². The maximum Gasteiger partial charge on any atom is 0.0642 e. The molecule has 2 heterocycles. The molecule has 1 saturated heterocycles. The minimum atomic E-state index is 0.827. The number of morpholine rings is 1. The van der Waals surface area contributed by atoms with E-state index in [-0.39, 0.29) is 0 Å². The Morgan fingerprint density at radius 1 is 1.17 bits per heavy atom. The van der Waals surface area contributed by atoms with Crippen molar-refractivity contribution in [3.63, 3.8) is 0 Å². The maximum absolute atomic E-state index is 5.28. The second-order valence-corrected chi connectivity index (χ2v) is 3.67. The molecular formula is C14H26N2O2. The molecule has 0 amide bonds. The van der Waals surface area contributed by atoms with E-state index < -0.39 is 0 Å². The zero-order chi connectivity index (χ0) is 13.8. The monoisotopic (exact) mass is 254 g/mol. The van der Waals surface area contributed by atoms with Gasteiger partial charge in [-0.25, -0.2) is 0 Å². The van der Waals surface area contributed by atoms with Crippen LogP contribution in [-0.2, 0) is 9.47 Å². The van der Waals surface area contributed by atoms with Gasteiger partial charge in [0, 0.05) is 33.0 Å². The van der Waals surface area contributed by atoms with Crippen molar-refractivity contribution in [3.05, 3.63) is 24.0 Å². The first kappa shape index (κ1) is 16.9. The van der Waals surface area contributed by atoms with E-state index in [1.807, 2.05) is 33.0 Å². The lowest BCUT2D eigenvalue weighted by Crippen LogP contribution is -2.36. The van der Waals surface area contributed by atoms with Crippen molar-refractivity contribution in [2.45, 2.75) is 20.8 Å². The van der Waals surface area contributed by atoms with E-state index in [1.54, 1.807) is 14.2 Å². The molecule has 1 aliphatic rings. The van der Waals surface area contributed by atoms with Crippen LogP contribution in [0.5, 0.6) is 0 Å². The van der Waals surface area contributed by atoms with Crippen molar-refractivity contribution in [1.82, 2.24) is 4.98 Å².